The van der Waals surface area contributed by atoms with Gasteiger partial charge in [0.2, 0.25) is 0 Å². The van der Waals surface area contributed by atoms with Crippen LogP contribution in [0.15, 0.2) is 0 Å². The summed E-state index contributed by atoms with van der Waals surface area (Å²) in [5.74, 6) is 1.03. The van der Waals surface area contributed by atoms with E-state index in [-0.39, 0.29) is 11.7 Å². The van der Waals surface area contributed by atoms with Crippen molar-refractivity contribution in [2.45, 2.75) is 40.5 Å². The SMILES string of the molecule is CCC(C)C(=O)COCCC(C)C. The van der Waals surface area contributed by atoms with E-state index in [0.29, 0.717) is 19.1 Å². The highest BCUT2D eigenvalue weighted by atomic mass is 16.5. The molecule has 0 aromatic heterocycles. The molecule has 0 amide bonds. The zero-order valence-electron chi connectivity index (χ0n) is 9.30. The summed E-state index contributed by atoms with van der Waals surface area (Å²) in [5.41, 5.74) is 0. The van der Waals surface area contributed by atoms with Gasteiger partial charge in [0.25, 0.3) is 0 Å². The van der Waals surface area contributed by atoms with Crippen LogP contribution in [0, 0.1) is 11.8 Å². The number of ketones is 1. The Morgan fingerprint density at radius 3 is 2.38 bits per heavy atom. The van der Waals surface area contributed by atoms with E-state index in [4.69, 9.17) is 4.74 Å². The third kappa shape index (κ3) is 6.76. The average molecular weight is 186 g/mol. The van der Waals surface area contributed by atoms with Crippen LogP contribution >= 0.6 is 0 Å². The van der Waals surface area contributed by atoms with E-state index in [1.807, 2.05) is 13.8 Å². The van der Waals surface area contributed by atoms with E-state index in [0.717, 1.165) is 12.8 Å². The van der Waals surface area contributed by atoms with Crippen molar-refractivity contribution in [3.8, 4) is 0 Å². The van der Waals surface area contributed by atoms with Gasteiger partial charge in [-0.25, -0.2) is 0 Å². The van der Waals surface area contributed by atoms with Gasteiger partial charge in [-0.2, -0.15) is 0 Å². The number of hydrogen-bond acceptors (Lipinski definition) is 2. The van der Waals surface area contributed by atoms with Crippen LogP contribution < -0.4 is 0 Å². The van der Waals surface area contributed by atoms with Gasteiger partial charge in [-0.1, -0.05) is 27.7 Å². The topological polar surface area (TPSA) is 26.3 Å². The van der Waals surface area contributed by atoms with E-state index in [2.05, 4.69) is 13.8 Å². The molecule has 1 atom stereocenters. The van der Waals surface area contributed by atoms with E-state index < -0.39 is 0 Å². The highest BCUT2D eigenvalue weighted by molar-refractivity contribution is 5.81. The van der Waals surface area contributed by atoms with Crippen LogP contribution in [0.3, 0.4) is 0 Å². The lowest BCUT2D eigenvalue weighted by Gasteiger charge is -2.08. The second-order valence-corrected chi connectivity index (χ2v) is 4.01. The molecule has 0 spiro atoms. The zero-order valence-corrected chi connectivity index (χ0v) is 9.30. The van der Waals surface area contributed by atoms with Crippen molar-refractivity contribution >= 4 is 5.78 Å². The van der Waals surface area contributed by atoms with E-state index in [1.54, 1.807) is 0 Å². The molecule has 0 rings (SSSR count). The summed E-state index contributed by atoms with van der Waals surface area (Å²) >= 11 is 0. The Morgan fingerprint density at radius 1 is 1.31 bits per heavy atom. The number of rotatable bonds is 7. The molecule has 0 aromatic carbocycles. The highest BCUT2D eigenvalue weighted by Gasteiger charge is 2.09. The lowest BCUT2D eigenvalue weighted by Crippen LogP contribution is -2.17. The molecule has 0 aliphatic carbocycles. The first kappa shape index (κ1) is 12.6. The quantitative estimate of drug-likeness (QED) is 0.571. The van der Waals surface area contributed by atoms with Gasteiger partial charge < -0.3 is 4.74 Å². The standard InChI is InChI=1S/C11H22O2/c1-5-10(4)11(12)8-13-7-6-9(2)3/h9-10H,5-8H2,1-4H3. The highest BCUT2D eigenvalue weighted by Crippen LogP contribution is 2.03. The smallest absolute Gasteiger partial charge is 0.161 e. The van der Waals surface area contributed by atoms with Crippen molar-refractivity contribution < 1.29 is 9.53 Å². The number of hydrogen-bond donors (Lipinski definition) is 0. The zero-order chi connectivity index (χ0) is 10.3. The minimum Gasteiger partial charge on any atom is -0.374 e. The van der Waals surface area contributed by atoms with Crippen LogP contribution in [0.25, 0.3) is 0 Å². The first-order valence-corrected chi connectivity index (χ1v) is 5.18. The molecule has 2 nitrogen and oxygen atoms in total. The first-order chi connectivity index (χ1) is 6.07. The van der Waals surface area contributed by atoms with Crippen molar-refractivity contribution in [3.63, 3.8) is 0 Å². The molecule has 0 heterocycles. The lowest BCUT2D eigenvalue weighted by atomic mass is 10.0. The average Bonchev–Trinajstić information content (AvgIpc) is 2.10. The van der Waals surface area contributed by atoms with Crippen LogP contribution in [0.5, 0.6) is 0 Å². The molecule has 0 fully saturated rings. The summed E-state index contributed by atoms with van der Waals surface area (Å²) < 4.78 is 5.28. The van der Waals surface area contributed by atoms with Crippen LogP contribution in [-0.4, -0.2) is 19.0 Å². The number of carbonyl (C=O) groups excluding carboxylic acids is 1. The fraction of sp³-hybridized carbons (Fsp3) is 0.909. The van der Waals surface area contributed by atoms with Gasteiger partial charge in [0, 0.05) is 12.5 Å². The molecule has 1 unspecified atom stereocenters. The van der Waals surface area contributed by atoms with Gasteiger partial charge in [0.1, 0.15) is 6.61 Å². The fourth-order valence-corrected chi connectivity index (χ4v) is 0.862. The second kappa shape index (κ2) is 7.07. The Morgan fingerprint density at radius 2 is 1.92 bits per heavy atom. The maximum Gasteiger partial charge on any atom is 0.161 e. The molecule has 0 aliphatic heterocycles. The third-order valence-electron chi connectivity index (χ3n) is 2.25. The molecule has 0 saturated carbocycles. The molecule has 0 aliphatic rings. The molecule has 0 radical (unpaired) electrons. The molecule has 78 valence electrons. The van der Waals surface area contributed by atoms with Crippen molar-refractivity contribution in [2.75, 3.05) is 13.2 Å². The summed E-state index contributed by atoms with van der Waals surface area (Å²) in [4.78, 5) is 11.3. The molecule has 0 saturated heterocycles. The van der Waals surface area contributed by atoms with Gasteiger partial charge in [0.05, 0.1) is 0 Å². The molecule has 0 aromatic rings. The molecule has 2 heteroatoms. The minimum atomic E-state index is 0.152. The van der Waals surface area contributed by atoms with Crippen LogP contribution in [0.4, 0.5) is 0 Å². The summed E-state index contributed by atoms with van der Waals surface area (Å²) in [6.07, 6.45) is 1.94. The Hall–Kier alpha value is -0.370. The van der Waals surface area contributed by atoms with Crippen LogP contribution in [0.1, 0.15) is 40.5 Å². The Kier molecular flexibility index (Phi) is 6.87. The maximum atomic E-state index is 11.3. The van der Waals surface area contributed by atoms with E-state index in [9.17, 15) is 4.79 Å². The fourth-order valence-electron chi connectivity index (χ4n) is 0.862. The molecular formula is C11H22O2. The summed E-state index contributed by atoms with van der Waals surface area (Å²) in [5, 5.41) is 0. The molecular weight excluding hydrogens is 164 g/mol. The van der Waals surface area contributed by atoms with E-state index in [1.165, 1.54) is 0 Å². The van der Waals surface area contributed by atoms with Gasteiger partial charge >= 0.3 is 0 Å². The monoisotopic (exact) mass is 186 g/mol. The number of Topliss-reactive ketones (excluding diaryl/α,β-unsaturated/α-hetero) is 1. The minimum absolute atomic E-state index is 0.152. The molecule has 0 bridgehead atoms. The summed E-state index contributed by atoms with van der Waals surface area (Å²) in [6, 6.07) is 0. The van der Waals surface area contributed by atoms with Crippen molar-refractivity contribution in [2.24, 2.45) is 11.8 Å². The van der Waals surface area contributed by atoms with Crippen molar-refractivity contribution in [1.29, 1.82) is 0 Å². The predicted molar refractivity (Wildman–Crippen MR) is 54.7 cm³/mol. The van der Waals surface area contributed by atoms with Gasteiger partial charge in [-0.15, -0.1) is 0 Å². The maximum absolute atomic E-state index is 11.3. The number of ether oxygens (including phenoxy) is 1. The van der Waals surface area contributed by atoms with Crippen molar-refractivity contribution in [1.82, 2.24) is 0 Å². The Balaban J connectivity index is 3.37. The van der Waals surface area contributed by atoms with Gasteiger partial charge in [-0.3, -0.25) is 4.79 Å². The normalized spacial score (nSPS) is 13.3. The summed E-state index contributed by atoms with van der Waals surface area (Å²) in [7, 11) is 0. The lowest BCUT2D eigenvalue weighted by molar-refractivity contribution is -0.127. The molecule has 0 N–H and O–H groups in total. The predicted octanol–water partition coefficient (Wildman–Crippen LogP) is 2.66. The Labute approximate surface area is 81.7 Å². The summed E-state index contributed by atoms with van der Waals surface area (Å²) in [6.45, 7) is 9.28. The van der Waals surface area contributed by atoms with Gasteiger partial charge in [-0.05, 0) is 18.8 Å². The van der Waals surface area contributed by atoms with Crippen LogP contribution in [-0.2, 0) is 9.53 Å². The first-order valence-electron chi connectivity index (χ1n) is 5.18. The van der Waals surface area contributed by atoms with Crippen LogP contribution in [0.2, 0.25) is 0 Å². The third-order valence-corrected chi connectivity index (χ3v) is 2.25. The number of carbonyl (C=O) groups is 1. The second-order valence-electron chi connectivity index (χ2n) is 4.01. The largest absolute Gasteiger partial charge is 0.374 e. The molecule has 13 heavy (non-hydrogen) atoms. The van der Waals surface area contributed by atoms with Crippen molar-refractivity contribution in [3.05, 3.63) is 0 Å². The Bertz CT molecular complexity index is 141. The van der Waals surface area contributed by atoms with Gasteiger partial charge in [0.15, 0.2) is 5.78 Å². The van der Waals surface area contributed by atoms with E-state index >= 15 is 0 Å².